The summed E-state index contributed by atoms with van der Waals surface area (Å²) in [6, 6.07) is 8.96. The van der Waals surface area contributed by atoms with E-state index in [1.54, 1.807) is 12.1 Å². The smallest absolute Gasteiger partial charge is 0.252 e. The SMILES string of the molecule is O=C(NCc1ccc(Cl)s1)c1cc(Cl)ccc1I. The zero-order valence-electron chi connectivity index (χ0n) is 9.04. The maximum absolute atomic E-state index is 12.0. The van der Waals surface area contributed by atoms with Crippen LogP contribution >= 0.6 is 57.1 Å². The van der Waals surface area contributed by atoms with Crippen molar-refractivity contribution in [2.24, 2.45) is 0 Å². The number of nitrogens with one attached hydrogen (secondary N) is 1. The third-order valence-electron chi connectivity index (χ3n) is 2.23. The molecule has 0 saturated carbocycles. The summed E-state index contributed by atoms with van der Waals surface area (Å²) >= 11 is 15.3. The van der Waals surface area contributed by atoms with Crippen LogP contribution in [0.1, 0.15) is 15.2 Å². The second kappa shape index (κ2) is 6.23. The van der Waals surface area contributed by atoms with Crippen molar-refractivity contribution in [3.63, 3.8) is 0 Å². The third-order valence-corrected chi connectivity index (χ3v) is 4.63. The normalized spacial score (nSPS) is 10.4. The van der Waals surface area contributed by atoms with E-state index < -0.39 is 0 Å². The Bertz CT molecular complexity index is 585. The second-order valence-corrected chi connectivity index (χ2v) is 6.91. The van der Waals surface area contributed by atoms with E-state index in [1.807, 2.05) is 18.2 Å². The average molecular weight is 412 g/mol. The van der Waals surface area contributed by atoms with Gasteiger partial charge in [-0.05, 0) is 52.9 Å². The Labute approximate surface area is 132 Å². The van der Waals surface area contributed by atoms with Gasteiger partial charge >= 0.3 is 0 Å². The summed E-state index contributed by atoms with van der Waals surface area (Å²) in [5.74, 6) is -0.133. The van der Waals surface area contributed by atoms with Crippen LogP contribution in [0.3, 0.4) is 0 Å². The number of halogens is 3. The lowest BCUT2D eigenvalue weighted by molar-refractivity contribution is 0.0950. The van der Waals surface area contributed by atoms with Crippen molar-refractivity contribution in [2.75, 3.05) is 0 Å². The lowest BCUT2D eigenvalue weighted by Crippen LogP contribution is -2.23. The van der Waals surface area contributed by atoms with Crippen molar-refractivity contribution < 1.29 is 4.79 Å². The van der Waals surface area contributed by atoms with Gasteiger partial charge in [0.2, 0.25) is 0 Å². The first kappa shape index (κ1) is 14.1. The molecule has 0 bridgehead atoms. The molecule has 0 spiro atoms. The molecule has 0 aliphatic carbocycles. The van der Waals surface area contributed by atoms with Crippen LogP contribution in [0.5, 0.6) is 0 Å². The number of benzene rings is 1. The zero-order valence-corrected chi connectivity index (χ0v) is 13.5. The number of carbonyl (C=O) groups is 1. The summed E-state index contributed by atoms with van der Waals surface area (Å²) < 4.78 is 1.59. The minimum Gasteiger partial charge on any atom is -0.347 e. The topological polar surface area (TPSA) is 29.1 Å². The van der Waals surface area contributed by atoms with Crippen LogP contribution in [0.25, 0.3) is 0 Å². The predicted octanol–water partition coefficient (Wildman–Crippen LogP) is 4.59. The van der Waals surface area contributed by atoms with Crippen molar-refractivity contribution in [2.45, 2.75) is 6.54 Å². The third kappa shape index (κ3) is 3.60. The lowest BCUT2D eigenvalue weighted by Gasteiger charge is -2.06. The summed E-state index contributed by atoms with van der Waals surface area (Å²) in [6.45, 7) is 0.471. The molecule has 0 unspecified atom stereocenters. The summed E-state index contributed by atoms with van der Waals surface area (Å²) in [5.41, 5.74) is 0.589. The molecular formula is C12H8Cl2INOS. The van der Waals surface area contributed by atoms with E-state index in [0.29, 0.717) is 17.1 Å². The van der Waals surface area contributed by atoms with Crippen LogP contribution in [-0.4, -0.2) is 5.91 Å². The average Bonchev–Trinajstić information content (AvgIpc) is 2.75. The minimum absolute atomic E-state index is 0.133. The van der Waals surface area contributed by atoms with Gasteiger partial charge in [0, 0.05) is 13.5 Å². The van der Waals surface area contributed by atoms with Crippen LogP contribution in [0.2, 0.25) is 9.36 Å². The summed E-state index contributed by atoms with van der Waals surface area (Å²) in [7, 11) is 0. The predicted molar refractivity (Wildman–Crippen MR) is 84.7 cm³/mol. The number of carbonyl (C=O) groups excluding carboxylic acids is 1. The quantitative estimate of drug-likeness (QED) is 0.735. The summed E-state index contributed by atoms with van der Waals surface area (Å²) in [5, 5.41) is 3.40. The molecule has 0 aliphatic rings. The molecule has 2 rings (SSSR count). The van der Waals surface area contributed by atoms with Crippen LogP contribution < -0.4 is 5.32 Å². The van der Waals surface area contributed by atoms with E-state index in [-0.39, 0.29) is 5.91 Å². The van der Waals surface area contributed by atoms with Crippen molar-refractivity contribution in [1.29, 1.82) is 0 Å². The van der Waals surface area contributed by atoms with Gasteiger partial charge in [0.15, 0.2) is 0 Å². The van der Waals surface area contributed by atoms with Crippen LogP contribution in [0.15, 0.2) is 30.3 Å². The Morgan fingerprint density at radius 3 is 2.72 bits per heavy atom. The molecule has 0 atom stereocenters. The molecule has 0 saturated heterocycles. The van der Waals surface area contributed by atoms with Gasteiger partial charge in [-0.2, -0.15) is 0 Å². The Hall–Kier alpha value is -0.300. The van der Waals surface area contributed by atoms with Gasteiger partial charge in [-0.15, -0.1) is 11.3 Å². The van der Waals surface area contributed by atoms with Gasteiger partial charge in [-0.25, -0.2) is 0 Å². The van der Waals surface area contributed by atoms with Crippen LogP contribution in [0, 0.1) is 3.57 Å². The Morgan fingerprint density at radius 2 is 2.06 bits per heavy atom. The van der Waals surface area contributed by atoms with Gasteiger partial charge < -0.3 is 5.32 Å². The number of hydrogen-bond acceptors (Lipinski definition) is 2. The molecule has 0 aliphatic heterocycles. The minimum atomic E-state index is -0.133. The summed E-state index contributed by atoms with van der Waals surface area (Å²) in [6.07, 6.45) is 0. The van der Waals surface area contributed by atoms with Crippen molar-refractivity contribution >= 4 is 63.0 Å². The number of amides is 1. The fourth-order valence-electron chi connectivity index (χ4n) is 1.38. The molecule has 1 aromatic heterocycles. The van der Waals surface area contributed by atoms with Crippen molar-refractivity contribution in [1.82, 2.24) is 5.32 Å². The highest BCUT2D eigenvalue weighted by Gasteiger charge is 2.10. The van der Waals surface area contributed by atoms with Crippen molar-refractivity contribution in [3.05, 3.63) is 53.7 Å². The first-order valence-corrected chi connectivity index (χ1v) is 7.69. The van der Waals surface area contributed by atoms with E-state index in [9.17, 15) is 4.79 Å². The van der Waals surface area contributed by atoms with E-state index in [4.69, 9.17) is 23.2 Å². The number of thiophene rings is 1. The van der Waals surface area contributed by atoms with Gasteiger partial charge in [0.05, 0.1) is 16.4 Å². The molecule has 2 aromatic rings. The maximum Gasteiger partial charge on any atom is 0.252 e. The Kier molecular flexibility index (Phi) is 4.89. The largest absolute Gasteiger partial charge is 0.347 e. The molecule has 0 fully saturated rings. The lowest BCUT2D eigenvalue weighted by atomic mass is 10.2. The molecule has 0 radical (unpaired) electrons. The molecule has 1 heterocycles. The molecule has 2 nitrogen and oxygen atoms in total. The molecule has 1 amide bonds. The monoisotopic (exact) mass is 411 g/mol. The van der Waals surface area contributed by atoms with Gasteiger partial charge in [-0.3, -0.25) is 4.79 Å². The van der Waals surface area contributed by atoms with E-state index in [2.05, 4.69) is 27.9 Å². The Balaban J connectivity index is 2.05. The van der Waals surface area contributed by atoms with Crippen molar-refractivity contribution in [3.8, 4) is 0 Å². The van der Waals surface area contributed by atoms with Crippen LogP contribution in [-0.2, 0) is 6.54 Å². The second-order valence-electron chi connectivity index (χ2n) is 3.51. The van der Waals surface area contributed by atoms with Gasteiger partial charge in [0.25, 0.3) is 5.91 Å². The van der Waals surface area contributed by atoms with Gasteiger partial charge in [-0.1, -0.05) is 23.2 Å². The van der Waals surface area contributed by atoms with E-state index >= 15 is 0 Å². The molecule has 94 valence electrons. The molecule has 1 N–H and O–H groups in total. The van der Waals surface area contributed by atoms with Gasteiger partial charge in [0.1, 0.15) is 0 Å². The van der Waals surface area contributed by atoms with E-state index in [0.717, 1.165) is 12.8 Å². The highest BCUT2D eigenvalue weighted by Crippen LogP contribution is 2.22. The Morgan fingerprint density at radius 1 is 1.28 bits per heavy atom. The molecule has 1 aromatic carbocycles. The molecular weight excluding hydrogens is 404 g/mol. The standard InChI is InChI=1S/C12H8Cl2INOS/c13-7-1-3-10(15)9(5-7)12(17)16-6-8-2-4-11(14)18-8/h1-5H,6H2,(H,16,17). The van der Waals surface area contributed by atoms with Crippen LogP contribution in [0.4, 0.5) is 0 Å². The highest BCUT2D eigenvalue weighted by molar-refractivity contribution is 14.1. The fourth-order valence-corrected chi connectivity index (χ4v) is 3.16. The number of hydrogen-bond donors (Lipinski definition) is 1. The maximum atomic E-state index is 12.0. The number of rotatable bonds is 3. The summed E-state index contributed by atoms with van der Waals surface area (Å²) in [4.78, 5) is 13.0. The van der Waals surface area contributed by atoms with E-state index in [1.165, 1.54) is 11.3 Å². The molecule has 18 heavy (non-hydrogen) atoms. The first-order valence-electron chi connectivity index (χ1n) is 5.04. The molecule has 6 heteroatoms. The fraction of sp³-hybridized carbons (Fsp3) is 0.0833. The first-order chi connectivity index (χ1) is 8.56. The zero-order chi connectivity index (χ0) is 13.1. The highest BCUT2D eigenvalue weighted by atomic mass is 127.